The van der Waals surface area contributed by atoms with Crippen molar-refractivity contribution in [3.63, 3.8) is 0 Å². The van der Waals surface area contributed by atoms with Gasteiger partial charge in [-0.25, -0.2) is 0 Å². The minimum atomic E-state index is 0.768. The Hall–Kier alpha value is -0.890. The van der Waals surface area contributed by atoms with Crippen molar-refractivity contribution < 1.29 is 0 Å². The fraction of sp³-hybridized carbons (Fsp3) is 0.455. The van der Waals surface area contributed by atoms with Crippen LogP contribution in [-0.4, -0.2) is 13.6 Å². The predicted octanol–water partition coefficient (Wildman–Crippen LogP) is 2.69. The molecule has 2 rings (SSSR count). The number of hydrogen-bond acceptors (Lipinski definition) is 2. The molecule has 1 aromatic carbocycles. The number of anilines is 2. The van der Waals surface area contributed by atoms with Gasteiger partial charge in [-0.05, 0) is 37.0 Å². The van der Waals surface area contributed by atoms with Crippen LogP contribution < -0.4 is 10.6 Å². The average molecular weight is 211 g/mol. The Bertz CT molecular complexity index is 349. The molecule has 3 heteroatoms. The van der Waals surface area contributed by atoms with Crippen LogP contribution in [0.25, 0.3) is 0 Å². The van der Waals surface area contributed by atoms with E-state index in [1.165, 1.54) is 24.1 Å². The van der Waals surface area contributed by atoms with Crippen LogP contribution in [0, 0.1) is 0 Å². The van der Waals surface area contributed by atoms with Crippen LogP contribution in [0.15, 0.2) is 12.1 Å². The lowest BCUT2D eigenvalue weighted by atomic mass is 10.1. The van der Waals surface area contributed by atoms with Crippen LogP contribution in [0.3, 0.4) is 0 Å². The normalized spacial score (nSPS) is 16.3. The number of fused-ring (bicyclic) bond motifs is 1. The Balaban J connectivity index is 2.53. The Morgan fingerprint density at radius 2 is 2.14 bits per heavy atom. The van der Waals surface area contributed by atoms with Gasteiger partial charge in [0.15, 0.2) is 0 Å². The smallest absolute Gasteiger partial charge is 0.0662 e. The van der Waals surface area contributed by atoms with E-state index in [0.717, 1.165) is 23.7 Å². The lowest BCUT2D eigenvalue weighted by Crippen LogP contribution is -2.18. The number of rotatable bonds is 0. The third-order valence-corrected chi connectivity index (χ3v) is 3.02. The Kier molecular flexibility index (Phi) is 2.55. The Labute approximate surface area is 89.7 Å². The van der Waals surface area contributed by atoms with Crippen molar-refractivity contribution in [2.45, 2.75) is 19.3 Å². The summed E-state index contributed by atoms with van der Waals surface area (Å²) in [4.78, 5) is 2.23. The monoisotopic (exact) mass is 210 g/mol. The quantitative estimate of drug-likeness (QED) is 0.668. The van der Waals surface area contributed by atoms with Crippen LogP contribution in [0.5, 0.6) is 0 Å². The summed E-state index contributed by atoms with van der Waals surface area (Å²) in [6.45, 7) is 1.08. The summed E-state index contributed by atoms with van der Waals surface area (Å²) in [5, 5.41) is 0.782. The molecule has 76 valence electrons. The molecule has 1 aliphatic heterocycles. The summed E-state index contributed by atoms with van der Waals surface area (Å²) in [5.74, 6) is 0. The molecule has 0 bridgehead atoms. The third-order valence-electron chi connectivity index (χ3n) is 2.74. The van der Waals surface area contributed by atoms with Crippen molar-refractivity contribution in [2.75, 3.05) is 24.2 Å². The number of benzene rings is 1. The van der Waals surface area contributed by atoms with Gasteiger partial charge in [-0.15, -0.1) is 0 Å². The summed E-state index contributed by atoms with van der Waals surface area (Å²) in [7, 11) is 2.09. The second-order valence-electron chi connectivity index (χ2n) is 3.89. The molecule has 0 amide bonds. The largest absolute Gasteiger partial charge is 0.399 e. The second kappa shape index (κ2) is 3.70. The van der Waals surface area contributed by atoms with E-state index in [1.807, 2.05) is 12.1 Å². The Morgan fingerprint density at radius 1 is 1.36 bits per heavy atom. The number of aryl methyl sites for hydroxylation is 1. The molecule has 14 heavy (non-hydrogen) atoms. The Morgan fingerprint density at radius 3 is 2.93 bits per heavy atom. The lowest BCUT2D eigenvalue weighted by molar-refractivity contribution is 0.750. The van der Waals surface area contributed by atoms with E-state index < -0.39 is 0 Å². The molecule has 0 saturated carbocycles. The van der Waals surface area contributed by atoms with Crippen LogP contribution in [0.2, 0.25) is 5.02 Å². The number of halogens is 1. The zero-order valence-electron chi connectivity index (χ0n) is 8.39. The summed E-state index contributed by atoms with van der Waals surface area (Å²) in [6.07, 6.45) is 3.53. The van der Waals surface area contributed by atoms with Gasteiger partial charge in [0.2, 0.25) is 0 Å². The minimum absolute atomic E-state index is 0.768. The van der Waals surface area contributed by atoms with Crippen molar-refractivity contribution in [1.29, 1.82) is 0 Å². The van der Waals surface area contributed by atoms with Crippen molar-refractivity contribution in [3.05, 3.63) is 22.7 Å². The van der Waals surface area contributed by atoms with Crippen LogP contribution in [-0.2, 0) is 6.42 Å². The fourth-order valence-corrected chi connectivity index (χ4v) is 2.47. The van der Waals surface area contributed by atoms with Crippen molar-refractivity contribution in [1.82, 2.24) is 0 Å². The zero-order chi connectivity index (χ0) is 10.1. The van der Waals surface area contributed by atoms with Gasteiger partial charge in [0.05, 0.1) is 10.7 Å². The minimum Gasteiger partial charge on any atom is -0.399 e. The molecule has 2 N–H and O–H groups in total. The third kappa shape index (κ3) is 1.67. The van der Waals surface area contributed by atoms with Gasteiger partial charge in [-0.2, -0.15) is 0 Å². The molecular formula is C11H15ClN2. The molecule has 0 atom stereocenters. The second-order valence-corrected chi connectivity index (χ2v) is 4.30. The van der Waals surface area contributed by atoms with E-state index in [1.54, 1.807) is 0 Å². The van der Waals surface area contributed by atoms with Gasteiger partial charge in [-0.1, -0.05) is 11.6 Å². The zero-order valence-corrected chi connectivity index (χ0v) is 9.14. The van der Waals surface area contributed by atoms with Gasteiger partial charge in [0.1, 0.15) is 0 Å². The maximum absolute atomic E-state index is 6.19. The predicted molar refractivity (Wildman–Crippen MR) is 62.1 cm³/mol. The van der Waals surface area contributed by atoms with E-state index in [0.29, 0.717) is 0 Å². The van der Waals surface area contributed by atoms with Crippen LogP contribution in [0.1, 0.15) is 18.4 Å². The molecule has 0 aliphatic carbocycles. The SMILES string of the molecule is CN1CCCCc2cc(N)cc(Cl)c21. The van der Waals surface area contributed by atoms with Gasteiger partial charge in [0.25, 0.3) is 0 Å². The van der Waals surface area contributed by atoms with Crippen LogP contribution >= 0.6 is 11.6 Å². The number of nitrogens with zero attached hydrogens (tertiary/aromatic N) is 1. The molecule has 0 spiro atoms. The molecule has 1 heterocycles. The molecule has 0 unspecified atom stereocenters. The molecule has 2 nitrogen and oxygen atoms in total. The summed E-state index contributed by atoms with van der Waals surface area (Å²) in [5.41, 5.74) is 9.00. The highest BCUT2D eigenvalue weighted by atomic mass is 35.5. The van der Waals surface area contributed by atoms with Crippen LogP contribution in [0.4, 0.5) is 11.4 Å². The van der Waals surface area contributed by atoms with E-state index in [4.69, 9.17) is 17.3 Å². The molecule has 1 aromatic rings. The van der Waals surface area contributed by atoms with Gasteiger partial charge in [0, 0.05) is 19.3 Å². The van der Waals surface area contributed by atoms with E-state index in [2.05, 4.69) is 11.9 Å². The van der Waals surface area contributed by atoms with E-state index in [9.17, 15) is 0 Å². The topological polar surface area (TPSA) is 29.3 Å². The first kappa shape index (κ1) is 9.66. The lowest BCUT2D eigenvalue weighted by Gasteiger charge is -2.21. The van der Waals surface area contributed by atoms with Gasteiger partial charge < -0.3 is 10.6 Å². The molecule has 1 aliphatic rings. The van der Waals surface area contributed by atoms with Crippen molar-refractivity contribution in [2.24, 2.45) is 0 Å². The average Bonchev–Trinajstić information content (AvgIpc) is 2.27. The maximum atomic E-state index is 6.19. The fourth-order valence-electron chi connectivity index (χ4n) is 2.07. The number of nitrogens with two attached hydrogens (primary N) is 1. The first-order valence-corrected chi connectivity index (χ1v) is 5.35. The highest BCUT2D eigenvalue weighted by molar-refractivity contribution is 6.33. The molecule has 0 saturated heterocycles. The van der Waals surface area contributed by atoms with Gasteiger partial charge >= 0.3 is 0 Å². The summed E-state index contributed by atoms with van der Waals surface area (Å²) >= 11 is 6.19. The highest BCUT2D eigenvalue weighted by Crippen LogP contribution is 2.34. The molecule has 0 fully saturated rings. The van der Waals surface area contributed by atoms with E-state index >= 15 is 0 Å². The number of hydrogen-bond donors (Lipinski definition) is 1. The highest BCUT2D eigenvalue weighted by Gasteiger charge is 2.15. The first-order valence-electron chi connectivity index (χ1n) is 4.97. The van der Waals surface area contributed by atoms with Crippen molar-refractivity contribution in [3.8, 4) is 0 Å². The first-order chi connectivity index (χ1) is 6.68. The van der Waals surface area contributed by atoms with Gasteiger partial charge in [-0.3, -0.25) is 0 Å². The summed E-state index contributed by atoms with van der Waals surface area (Å²) in [6, 6.07) is 3.88. The molecular weight excluding hydrogens is 196 g/mol. The molecule has 0 radical (unpaired) electrons. The maximum Gasteiger partial charge on any atom is 0.0662 e. The van der Waals surface area contributed by atoms with E-state index in [-0.39, 0.29) is 0 Å². The molecule has 0 aromatic heterocycles. The number of nitrogen functional groups attached to an aromatic ring is 1. The standard InChI is InChI=1S/C11H15ClN2/c1-14-5-3-2-4-8-6-9(13)7-10(12)11(8)14/h6-7H,2-5,13H2,1H3. The van der Waals surface area contributed by atoms with Crippen molar-refractivity contribution >= 4 is 23.0 Å². The summed E-state index contributed by atoms with van der Waals surface area (Å²) < 4.78 is 0.